The number of aromatic nitrogens is 2. The molecule has 4 rings (SSSR count). The Hall–Kier alpha value is -2.78. The summed E-state index contributed by atoms with van der Waals surface area (Å²) < 4.78 is 56.6. The van der Waals surface area contributed by atoms with E-state index < -0.39 is 17.8 Å². The van der Waals surface area contributed by atoms with Crippen LogP contribution in [0.4, 0.5) is 17.6 Å². The Morgan fingerprint density at radius 1 is 1.07 bits per heavy atom. The zero-order valence-corrected chi connectivity index (χ0v) is 15.1. The number of hydrogen-bond donors (Lipinski definition) is 1. The van der Waals surface area contributed by atoms with Gasteiger partial charge in [-0.2, -0.15) is 18.2 Å². The van der Waals surface area contributed by atoms with Gasteiger partial charge < -0.3 is 9.63 Å². The molecule has 2 atom stereocenters. The van der Waals surface area contributed by atoms with Crippen molar-refractivity contribution in [2.75, 3.05) is 6.54 Å². The lowest BCUT2D eigenvalue weighted by Crippen LogP contribution is -2.24. The summed E-state index contributed by atoms with van der Waals surface area (Å²) in [6.07, 6.45) is -4.61. The van der Waals surface area contributed by atoms with E-state index in [4.69, 9.17) is 4.52 Å². The molecule has 2 heterocycles. The maximum absolute atomic E-state index is 13.1. The normalized spacial score (nSPS) is 20.3. The molecule has 0 aliphatic carbocycles. The number of aliphatic hydroxyl groups is 1. The fraction of sp³-hybridized carbons (Fsp3) is 0.300. The van der Waals surface area contributed by atoms with Crippen LogP contribution in [0.25, 0.3) is 11.4 Å². The smallest absolute Gasteiger partial charge is 0.392 e. The Morgan fingerprint density at radius 3 is 2.41 bits per heavy atom. The number of nitrogens with zero attached hydrogens (tertiary/aromatic N) is 3. The van der Waals surface area contributed by atoms with Gasteiger partial charge in [0.05, 0.1) is 17.7 Å². The first-order valence-corrected chi connectivity index (χ1v) is 8.97. The number of aliphatic hydroxyl groups excluding tert-OH is 1. The molecule has 0 spiro atoms. The van der Waals surface area contributed by atoms with Crippen molar-refractivity contribution in [1.29, 1.82) is 0 Å². The summed E-state index contributed by atoms with van der Waals surface area (Å²) in [5, 5.41) is 14.0. The van der Waals surface area contributed by atoms with Gasteiger partial charge >= 0.3 is 6.18 Å². The van der Waals surface area contributed by atoms with Crippen LogP contribution in [0.3, 0.4) is 0 Å². The molecule has 2 aromatic carbocycles. The van der Waals surface area contributed by atoms with Gasteiger partial charge in [-0.3, -0.25) is 4.90 Å². The van der Waals surface area contributed by atoms with E-state index in [1.807, 2.05) is 4.90 Å². The Kier molecular flexibility index (Phi) is 5.10. The van der Waals surface area contributed by atoms with Crippen molar-refractivity contribution >= 4 is 0 Å². The molecule has 0 bridgehead atoms. The maximum atomic E-state index is 13.1. The van der Waals surface area contributed by atoms with Crippen LogP contribution in [0.5, 0.6) is 0 Å². The molecule has 0 amide bonds. The highest BCUT2D eigenvalue weighted by Gasteiger charge is 2.36. The fourth-order valence-corrected chi connectivity index (χ4v) is 3.43. The molecular weight excluding hydrogens is 390 g/mol. The number of hydrogen-bond acceptors (Lipinski definition) is 5. The average molecular weight is 407 g/mol. The van der Waals surface area contributed by atoms with Crippen LogP contribution >= 0.6 is 0 Å². The van der Waals surface area contributed by atoms with Gasteiger partial charge in [0.25, 0.3) is 0 Å². The fourth-order valence-electron chi connectivity index (χ4n) is 3.43. The van der Waals surface area contributed by atoms with Gasteiger partial charge in [0.1, 0.15) is 5.82 Å². The van der Waals surface area contributed by atoms with Gasteiger partial charge in [0.15, 0.2) is 0 Å². The molecular formula is C20H17F4N3O2. The Balaban J connectivity index is 1.53. The summed E-state index contributed by atoms with van der Waals surface area (Å²) in [5.41, 5.74) is 0.513. The average Bonchev–Trinajstić information content (AvgIpc) is 3.30. The zero-order chi connectivity index (χ0) is 20.6. The molecule has 1 N–H and O–H groups in total. The van der Waals surface area contributed by atoms with Crippen LogP contribution < -0.4 is 0 Å². The lowest BCUT2D eigenvalue weighted by molar-refractivity contribution is -0.137. The molecule has 1 aromatic heterocycles. The summed E-state index contributed by atoms with van der Waals surface area (Å²) in [7, 11) is 0. The van der Waals surface area contributed by atoms with E-state index in [1.165, 1.54) is 24.3 Å². The summed E-state index contributed by atoms with van der Waals surface area (Å²) in [4.78, 5) is 6.27. The lowest BCUT2D eigenvalue weighted by atomic mass is 10.1. The SMILES string of the molecule is OC1CC(c2nc(-c3ccc(C(F)(F)F)cc3)no2)N(Cc2ccc(F)cc2)C1. The monoisotopic (exact) mass is 407 g/mol. The van der Waals surface area contributed by atoms with E-state index in [1.54, 1.807) is 12.1 Å². The minimum atomic E-state index is -4.41. The van der Waals surface area contributed by atoms with Gasteiger partial charge in [0.2, 0.25) is 11.7 Å². The molecule has 0 saturated carbocycles. The quantitative estimate of drug-likeness (QED) is 0.657. The van der Waals surface area contributed by atoms with Crippen molar-refractivity contribution < 1.29 is 27.2 Å². The van der Waals surface area contributed by atoms with Gasteiger partial charge in [0, 0.05) is 18.7 Å². The molecule has 2 unspecified atom stereocenters. The largest absolute Gasteiger partial charge is 0.416 e. The van der Waals surface area contributed by atoms with Crippen molar-refractivity contribution in [2.45, 2.75) is 31.3 Å². The van der Waals surface area contributed by atoms with E-state index >= 15 is 0 Å². The van der Waals surface area contributed by atoms with E-state index in [2.05, 4.69) is 10.1 Å². The van der Waals surface area contributed by atoms with Crippen LogP contribution in [0.1, 0.15) is 29.5 Å². The first-order chi connectivity index (χ1) is 13.8. The number of alkyl halides is 3. The molecule has 1 aliphatic rings. The molecule has 9 heteroatoms. The molecule has 1 fully saturated rings. The third-order valence-corrected chi connectivity index (χ3v) is 4.88. The van der Waals surface area contributed by atoms with E-state index in [0.717, 1.165) is 17.7 Å². The standard InChI is InChI=1S/C20H17F4N3O2/c21-15-7-1-12(2-8-15)10-27-11-16(28)9-17(27)19-25-18(26-29-19)13-3-5-14(6-4-13)20(22,23)24/h1-8,16-17,28H,9-11H2. The third kappa shape index (κ3) is 4.30. The Bertz CT molecular complexity index is 971. The zero-order valence-electron chi connectivity index (χ0n) is 15.1. The molecule has 152 valence electrons. The molecule has 29 heavy (non-hydrogen) atoms. The van der Waals surface area contributed by atoms with E-state index in [-0.39, 0.29) is 23.6 Å². The highest BCUT2D eigenvalue weighted by atomic mass is 19.4. The maximum Gasteiger partial charge on any atom is 0.416 e. The molecule has 3 aromatic rings. The first-order valence-electron chi connectivity index (χ1n) is 8.97. The Morgan fingerprint density at radius 2 is 1.76 bits per heavy atom. The number of benzene rings is 2. The molecule has 5 nitrogen and oxygen atoms in total. The number of β-amino-alcohol motifs (C(OH)–C–C–N with tert-alkyl or cyclic N) is 1. The van der Waals surface area contributed by atoms with Crippen LogP contribution in [0.15, 0.2) is 53.1 Å². The van der Waals surface area contributed by atoms with E-state index in [9.17, 15) is 22.7 Å². The van der Waals surface area contributed by atoms with Gasteiger partial charge in [-0.1, -0.05) is 29.4 Å². The minimum absolute atomic E-state index is 0.178. The van der Waals surface area contributed by atoms with Crippen molar-refractivity contribution in [3.05, 3.63) is 71.4 Å². The molecule has 1 saturated heterocycles. The first kappa shape index (κ1) is 19.5. The number of likely N-dealkylation sites (tertiary alicyclic amines) is 1. The van der Waals surface area contributed by atoms with Crippen molar-refractivity contribution in [2.24, 2.45) is 0 Å². The van der Waals surface area contributed by atoms with Gasteiger partial charge in [-0.25, -0.2) is 4.39 Å². The summed E-state index contributed by atoms with van der Waals surface area (Å²) >= 11 is 0. The van der Waals surface area contributed by atoms with Crippen LogP contribution in [-0.4, -0.2) is 32.8 Å². The van der Waals surface area contributed by atoms with Gasteiger partial charge in [-0.15, -0.1) is 0 Å². The van der Waals surface area contributed by atoms with Crippen LogP contribution in [-0.2, 0) is 12.7 Å². The molecule has 0 radical (unpaired) electrons. The van der Waals surface area contributed by atoms with Crippen molar-refractivity contribution in [1.82, 2.24) is 15.0 Å². The second-order valence-electron chi connectivity index (χ2n) is 6.99. The Labute approximate surface area is 163 Å². The third-order valence-electron chi connectivity index (χ3n) is 4.88. The second-order valence-corrected chi connectivity index (χ2v) is 6.99. The lowest BCUT2D eigenvalue weighted by Gasteiger charge is -2.21. The summed E-state index contributed by atoms with van der Waals surface area (Å²) in [6.45, 7) is 0.847. The van der Waals surface area contributed by atoms with Crippen molar-refractivity contribution in [3.8, 4) is 11.4 Å². The highest BCUT2D eigenvalue weighted by Crippen LogP contribution is 2.34. The topological polar surface area (TPSA) is 62.4 Å². The van der Waals surface area contributed by atoms with Crippen LogP contribution in [0, 0.1) is 5.82 Å². The summed E-state index contributed by atoms with van der Waals surface area (Å²) in [5.74, 6) is 0.125. The number of halogens is 4. The predicted molar refractivity (Wildman–Crippen MR) is 94.9 cm³/mol. The van der Waals surface area contributed by atoms with E-state index in [0.29, 0.717) is 25.1 Å². The molecule has 1 aliphatic heterocycles. The van der Waals surface area contributed by atoms with Gasteiger partial charge in [-0.05, 0) is 36.2 Å². The summed E-state index contributed by atoms with van der Waals surface area (Å²) in [6, 6.07) is 10.2. The number of rotatable bonds is 4. The highest BCUT2D eigenvalue weighted by molar-refractivity contribution is 5.54. The van der Waals surface area contributed by atoms with Crippen molar-refractivity contribution in [3.63, 3.8) is 0 Å². The predicted octanol–water partition coefficient (Wildman–Crippen LogP) is 4.20. The minimum Gasteiger partial charge on any atom is -0.392 e. The van der Waals surface area contributed by atoms with Crippen LogP contribution in [0.2, 0.25) is 0 Å². The second kappa shape index (κ2) is 7.57.